The molecule has 3 aromatic carbocycles. The number of alkyl halides is 3. The van der Waals surface area contributed by atoms with Crippen LogP contribution in [0.25, 0.3) is 11.1 Å². The van der Waals surface area contributed by atoms with Crippen molar-refractivity contribution in [3.8, 4) is 11.1 Å². The molecule has 0 bridgehead atoms. The molecular formula is C24H19F3N2O4. The fourth-order valence-electron chi connectivity index (χ4n) is 2.95. The first-order valence-corrected chi connectivity index (χ1v) is 9.79. The van der Waals surface area contributed by atoms with Gasteiger partial charge in [-0.2, -0.15) is 13.2 Å². The van der Waals surface area contributed by atoms with Crippen LogP contribution in [-0.2, 0) is 22.3 Å². The van der Waals surface area contributed by atoms with Crippen molar-refractivity contribution < 1.29 is 32.3 Å². The van der Waals surface area contributed by atoms with E-state index in [1.807, 2.05) is 18.2 Å². The van der Waals surface area contributed by atoms with Gasteiger partial charge in [0, 0.05) is 6.54 Å². The van der Waals surface area contributed by atoms with Crippen molar-refractivity contribution in [2.45, 2.75) is 12.7 Å². The number of hydrogen-bond donors (Lipinski definition) is 2. The molecule has 0 aromatic heterocycles. The number of urea groups is 1. The highest BCUT2D eigenvalue weighted by atomic mass is 19.4. The molecule has 0 spiro atoms. The van der Waals surface area contributed by atoms with Gasteiger partial charge in [0.1, 0.15) is 0 Å². The Kier molecular flexibility index (Phi) is 7.45. The second-order valence-electron chi connectivity index (χ2n) is 6.91. The van der Waals surface area contributed by atoms with Crippen molar-refractivity contribution >= 4 is 17.9 Å². The van der Waals surface area contributed by atoms with Crippen LogP contribution in [0.15, 0.2) is 78.9 Å². The Bertz CT molecular complexity index is 1130. The highest BCUT2D eigenvalue weighted by Crippen LogP contribution is 2.32. The van der Waals surface area contributed by atoms with Gasteiger partial charge >= 0.3 is 18.2 Å². The van der Waals surface area contributed by atoms with E-state index < -0.39 is 36.3 Å². The number of rotatable bonds is 6. The number of carbonyl (C=O) groups is 3. The number of amides is 3. The first-order chi connectivity index (χ1) is 15.7. The molecule has 6 nitrogen and oxygen atoms in total. The quantitative estimate of drug-likeness (QED) is 0.533. The van der Waals surface area contributed by atoms with Crippen LogP contribution in [0.1, 0.15) is 21.5 Å². The maximum absolute atomic E-state index is 12.8. The fourth-order valence-corrected chi connectivity index (χ4v) is 2.95. The number of carbonyl (C=O) groups excluding carboxylic acids is 3. The second kappa shape index (κ2) is 10.4. The highest BCUT2D eigenvalue weighted by molar-refractivity contribution is 6.00. The summed E-state index contributed by atoms with van der Waals surface area (Å²) in [5.74, 6) is -1.69. The SMILES string of the molecule is O=C(COC(=O)c1ccccc1-c1ccc(C(F)(F)F)cc1)NC(=O)NCc1ccccc1. The molecule has 0 saturated heterocycles. The third-order valence-electron chi connectivity index (χ3n) is 4.55. The van der Waals surface area contributed by atoms with E-state index in [9.17, 15) is 27.6 Å². The van der Waals surface area contributed by atoms with E-state index in [0.717, 1.165) is 17.7 Å². The van der Waals surface area contributed by atoms with Crippen LogP contribution in [-0.4, -0.2) is 24.5 Å². The van der Waals surface area contributed by atoms with Gasteiger partial charge in [0.15, 0.2) is 6.61 Å². The normalized spacial score (nSPS) is 10.9. The van der Waals surface area contributed by atoms with E-state index in [0.29, 0.717) is 11.1 Å². The number of halogens is 3. The summed E-state index contributed by atoms with van der Waals surface area (Å²) in [6.07, 6.45) is -4.47. The lowest BCUT2D eigenvalue weighted by Crippen LogP contribution is -2.41. The molecule has 170 valence electrons. The van der Waals surface area contributed by atoms with Gasteiger partial charge in [-0.1, -0.05) is 60.7 Å². The molecule has 9 heteroatoms. The number of esters is 1. The zero-order valence-electron chi connectivity index (χ0n) is 17.2. The molecule has 3 amide bonds. The van der Waals surface area contributed by atoms with Crippen LogP contribution >= 0.6 is 0 Å². The summed E-state index contributed by atoms with van der Waals surface area (Å²) in [7, 11) is 0. The summed E-state index contributed by atoms with van der Waals surface area (Å²) in [5, 5.41) is 4.55. The number of hydrogen-bond acceptors (Lipinski definition) is 4. The Morgan fingerprint density at radius 1 is 0.818 bits per heavy atom. The first-order valence-electron chi connectivity index (χ1n) is 9.79. The zero-order valence-corrected chi connectivity index (χ0v) is 17.2. The van der Waals surface area contributed by atoms with E-state index in [1.54, 1.807) is 30.3 Å². The molecule has 2 N–H and O–H groups in total. The van der Waals surface area contributed by atoms with Gasteiger partial charge in [-0.15, -0.1) is 0 Å². The second-order valence-corrected chi connectivity index (χ2v) is 6.91. The number of ether oxygens (including phenoxy) is 1. The molecule has 0 atom stereocenters. The maximum Gasteiger partial charge on any atom is 0.416 e. The fraction of sp³-hybridized carbons (Fsp3) is 0.125. The van der Waals surface area contributed by atoms with Gasteiger partial charge in [0.05, 0.1) is 11.1 Å². The minimum atomic E-state index is -4.47. The van der Waals surface area contributed by atoms with Gasteiger partial charge in [-0.3, -0.25) is 10.1 Å². The lowest BCUT2D eigenvalue weighted by molar-refractivity contribution is -0.137. The van der Waals surface area contributed by atoms with Crippen LogP contribution in [0.2, 0.25) is 0 Å². The Labute approximate surface area is 187 Å². The molecule has 0 unspecified atom stereocenters. The van der Waals surface area contributed by atoms with Crippen LogP contribution in [0.3, 0.4) is 0 Å². The standard InChI is InChI=1S/C24H19F3N2O4/c25-24(26,27)18-12-10-17(11-13-18)19-8-4-5-9-20(19)22(31)33-15-21(30)29-23(32)28-14-16-6-2-1-3-7-16/h1-13H,14-15H2,(H2,28,29,30,32). The van der Waals surface area contributed by atoms with Gasteiger partial charge in [0.2, 0.25) is 0 Å². The molecule has 3 rings (SSSR count). The third-order valence-corrected chi connectivity index (χ3v) is 4.55. The van der Waals surface area contributed by atoms with E-state index in [2.05, 4.69) is 10.6 Å². The van der Waals surface area contributed by atoms with E-state index >= 15 is 0 Å². The average molecular weight is 456 g/mol. The molecule has 0 heterocycles. The number of nitrogens with one attached hydrogen (secondary N) is 2. The minimum Gasteiger partial charge on any atom is -0.452 e. The van der Waals surface area contributed by atoms with E-state index in [1.165, 1.54) is 18.2 Å². The van der Waals surface area contributed by atoms with Crippen molar-refractivity contribution in [2.24, 2.45) is 0 Å². The van der Waals surface area contributed by atoms with Crippen LogP contribution < -0.4 is 10.6 Å². The van der Waals surface area contributed by atoms with E-state index in [4.69, 9.17) is 4.74 Å². The summed E-state index contributed by atoms with van der Waals surface area (Å²) >= 11 is 0. The topological polar surface area (TPSA) is 84.5 Å². The molecule has 0 aliphatic carbocycles. The summed E-state index contributed by atoms with van der Waals surface area (Å²) < 4.78 is 43.4. The molecule has 0 aliphatic heterocycles. The maximum atomic E-state index is 12.8. The molecule has 33 heavy (non-hydrogen) atoms. The van der Waals surface area contributed by atoms with Crippen LogP contribution in [0, 0.1) is 0 Å². The predicted octanol–water partition coefficient (Wildman–Crippen LogP) is 4.56. The van der Waals surface area contributed by atoms with Gasteiger partial charge in [-0.25, -0.2) is 9.59 Å². The van der Waals surface area contributed by atoms with Crippen LogP contribution in [0.5, 0.6) is 0 Å². The molecule has 0 aliphatic rings. The Morgan fingerprint density at radius 3 is 2.12 bits per heavy atom. The zero-order chi connectivity index (χ0) is 23.8. The molecule has 0 radical (unpaired) electrons. The largest absolute Gasteiger partial charge is 0.452 e. The number of benzene rings is 3. The summed E-state index contributed by atoms with van der Waals surface area (Å²) in [4.78, 5) is 36.2. The third kappa shape index (κ3) is 6.67. The van der Waals surface area contributed by atoms with Crippen molar-refractivity contribution in [1.82, 2.24) is 10.6 Å². The van der Waals surface area contributed by atoms with Crippen LogP contribution in [0.4, 0.5) is 18.0 Å². The molecular weight excluding hydrogens is 437 g/mol. The smallest absolute Gasteiger partial charge is 0.416 e. The lowest BCUT2D eigenvalue weighted by Gasteiger charge is -2.11. The van der Waals surface area contributed by atoms with Gasteiger partial charge in [0.25, 0.3) is 5.91 Å². The Morgan fingerprint density at radius 2 is 1.45 bits per heavy atom. The Balaban J connectivity index is 1.57. The molecule has 0 fully saturated rings. The monoisotopic (exact) mass is 456 g/mol. The van der Waals surface area contributed by atoms with Crippen molar-refractivity contribution in [2.75, 3.05) is 6.61 Å². The van der Waals surface area contributed by atoms with Crippen molar-refractivity contribution in [3.63, 3.8) is 0 Å². The highest BCUT2D eigenvalue weighted by Gasteiger charge is 2.30. The van der Waals surface area contributed by atoms with Crippen molar-refractivity contribution in [3.05, 3.63) is 95.6 Å². The predicted molar refractivity (Wildman–Crippen MR) is 114 cm³/mol. The van der Waals surface area contributed by atoms with Gasteiger partial charge in [-0.05, 0) is 34.9 Å². The van der Waals surface area contributed by atoms with Crippen molar-refractivity contribution in [1.29, 1.82) is 0 Å². The minimum absolute atomic E-state index is 0.0681. The Hall–Kier alpha value is -4.14. The summed E-state index contributed by atoms with van der Waals surface area (Å²) in [6.45, 7) is -0.501. The summed E-state index contributed by atoms with van der Waals surface area (Å²) in [6, 6.07) is 18.8. The average Bonchev–Trinajstić information content (AvgIpc) is 2.81. The first kappa shape index (κ1) is 23.5. The number of imide groups is 1. The van der Waals surface area contributed by atoms with E-state index in [-0.39, 0.29) is 12.1 Å². The van der Waals surface area contributed by atoms with Gasteiger partial charge < -0.3 is 10.1 Å². The summed E-state index contributed by atoms with van der Waals surface area (Å²) in [5.41, 5.74) is 0.816. The molecule has 3 aromatic rings. The lowest BCUT2D eigenvalue weighted by atomic mass is 9.98. The molecule has 0 saturated carbocycles.